The molecule has 25 heavy (non-hydrogen) atoms. The first kappa shape index (κ1) is 16.8. The Morgan fingerprint density at radius 3 is 2.76 bits per heavy atom. The number of alkyl halides is 4. The van der Waals surface area contributed by atoms with Crippen molar-refractivity contribution in [2.24, 2.45) is 5.92 Å². The first-order chi connectivity index (χ1) is 11.9. The first-order valence-electron chi connectivity index (χ1n) is 8.42. The van der Waals surface area contributed by atoms with E-state index in [2.05, 4.69) is 14.9 Å². The fourth-order valence-electron chi connectivity index (χ4n) is 3.27. The van der Waals surface area contributed by atoms with Gasteiger partial charge < -0.3 is 9.72 Å². The van der Waals surface area contributed by atoms with Gasteiger partial charge in [0.2, 0.25) is 0 Å². The zero-order valence-electron chi connectivity index (χ0n) is 13.5. The van der Waals surface area contributed by atoms with E-state index in [0.29, 0.717) is 35.9 Å². The van der Waals surface area contributed by atoms with E-state index in [1.165, 1.54) is 18.9 Å². The largest absolute Gasteiger partial charge is 0.416 e. The average molecular weight is 357 g/mol. The Morgan fingerprint density at radius 2 is 2.04 bits per heavy atom. The molecule has 8 heteroatoms. The maximum atomic E-state index is 14.1. The Hall–Kier alpha value is -1.67. The fourth-order valence-corrected chi connectivity index (χ4v) is 3.27. The van der Waals surface area contributed by atoms with Crippen LogP contribution in [0.1, 0.15) is 24.2 Å². The van der Waals surface area contributed by atoms with Gasteiger partial charge in [0.05, 0.1) is 16.6 Å². The molecular weight excluding hydrogens is 338 g/mol. The summed E-state index contributed by atoms with van der Waals surface area (Å²) in [4.78, 5) is 9.13. The number of fused-ring (bicyclic) bond motifs is 1. The minimum absolute atomic E-state index is 0.0540. The lowest BCUT2D eigenvalue weighted by Gasteiger charge is -2.14. The van der Waals surface area contributed by atoms with E-state index in [1.54, 1.807) is 0 Å². The van der Waals surface area contributed by atoms with Gasteiger partial charge in [-0.1, -0.05) is 0 Å². The second-order valence-electron chi connectivity index (χ2n) is 6.94. The molecule has 0 radical (unpaired) electrons. The maximum absolute atomic E-state index is 14.1. The van der Waals surface area contributed by atoms with Crippen molar-refractivity contribution in [3.63, 3.8) is 0 Å². The van der Waals surface area contributed by atoms with E-state index in [4.69, 9.17) is 4.74 Å². The van der Waals surface area contributed by atoms with Crippen LogP contribution in [-0.2, 0) is 17.5 Å². The summed E-state index contributed by atoms with van der Waals surface area (Å²) in [5.41, 5.74) is 0.00337. The smallest absolute Gasteiger partial charge is 0.366 e. The molecule has 2 heterocycles. The molecule has 2 unspecified atom stereocenters. The van der Waals surface area contributed by atoms with Crippen molar-refractivity contribution in [1.82, 2.24) is 14.9 Å². The van der Waals surface area contributed by atoms with Gasteiger partial charge in [-0.2, -0.15) is 13.2 Å². The van der Waals surface area contributed by atoms with Gasteiger partial charge in [-0.3, -0.25) is 4.90 Å². The number of ether oxygens (including phenoxy) is 1. The Kier molecular flexibility index (Phi) is 4.19. The molecular formula is C17H19F4N3O. The van der Waals surface area contributed by atoms with Gasteiger partial charge in [-0.15, -0.1) is 0 Å². The fraction of sp³-hybridized carbons (Fsp3) is 0.588. The van der Waals surface area contributed by atoms with E-state index in [-0.39, 0.29) is 6.61 Å². The number of aromatic amines is 1. The van der Waals surface area contributed by atoms with Crippen LogP contribution >= 0.6 is 0 Å². The van der Waals surface area contributed by atoms with Crippen LogP contribution in [0.15, 0.2) is 18.2 Å². The third-order valence-electron chi connectivity index (χ3n) is 4.78. The Balaban J connectivity index is 1.39. The van der Waals surface area contributed by atoms with Crippen LogP contribution in [0.5, 0.6) is 0 Å². The van der Waals surface area contributed by atoms with Crippen molar-refractivity contribution in [2.75, 3.05) is 19.6 Å². The molecule has 1 aliphatic carbocycles. The molecule has 2 atom stereocenters. The highest BCUT2D eigenvalue weighted by molar-refractivity contribution is 5.76. The number of likely N-dealkylation sites (tertiary alicyclic amines) is 1. The second kappa shape index (κ2) is 6.25. The highest BCUT2D eigenvalue weighted by atomic mass is 19.4. The van der Waals surface area contributed by atoms with Crippen molar-refractivity contribution in [1.29, 1.82) is 0 Å². The molecule has 2 aliphatic rings. The highest BCUT2D eigenvalue weighted by Crippen LogP contribution is 2.32. The van der Waals surface area contributed by atoms with Crippen LogP contribution < -0.4 is 0 Å². The summed E-state index contributed by atoms with van der Waals surface area (Å²) >= 11 is 0. The molecule has 0 spiro atoms. The third kappa shape index (κ3) is 3.79. The highest BCUT2D eigenvalue weighted by Gasteiger charge is 2.36. The molecule has 2 aromatic rings. The number of halogens is 4. The lowest BCUT2D eigenvalue weighted by atomic mass is 10.2. The molecule has 1 aromatic carbocycles. The Labute approximate surface area is 142 Å². The van der Waals surface area contributed by atoms with E-state index >= 15 is 0 Å². The molecule has 4 nitrogen and oxygen atoms in total. The predicted octanol–water partition coefficient (Wildman–Crippen LogP) is 3.53. The second-order valence-corrected chi connectivity index (χ2v) is 6.94. The molecule has 1 aromatic heterocycles. The van der Waals surface area contributed by atoms with Gasteiger partial charge in [0, 0.05) is 19.6 Å². The zero-order valence-corrected chi connectivity index (χ0v) is 13.5. The van der Waals surface area contributed by atoms with Gasteiger partial charge >= 0.3 is 6.18 Å². The van der Waals surface area contributed by atoms with Crippen LogP contribution in [0, 0.1) is 5.92 Å². The van der Waals surface area contributed by atoms with Gasteiger partial charge in [-0.05, 0) is 37.0 Å². The summed E-state index contributed by atoms with van der Waals surface area (Å²) in [6, 6.07) is 3.35. The number of aromatic nitrogens is 2. The minimum Gasteiger partial charge on any atom is -0.366 e. The topological polar surface area (TPSA) is 41.1 Å². The average Bonchev–Trinajstić information content (AvgIpc) is 3.14. The number of rotatable bonds is 5. The summed E-state index contributed by atoms with van der Waals surface area (Å²) in [5.74, 6) is 1.10. The lowest BCUT2D eigenvalue weighted by Crippen LogP contribution is -2.25. The molecule has 1 saturated heterocycles. The van der Waals surface area contributed by atoms with Gasteiger partial charge in [0.25, 0.3) is 0 Å². The van der Waals surface area contributed by atoms with Gasteiger partial charge in [0.15, 0.2) is 0 Å². The van der Waals surface area contributed by atoms with Crippen LogP contribution in [-0.4, -0.2) is 46.8 Å². The number of hydrogen-bond donors (Lipinski definition) is 1. The Morgan fingerprint density at radius 1 is 1.24 bits per heavy atom. The van der Waals surface area contributed by atoms with Crippen molar-refractivity contribution in [3.05, 3.63) is 29.6 Å². The Bertz CT molecular complexity index is 756. The van der Waals surface area contributed by atoms with Crippen molar-refractivity contribution >= 4 is 11.0 Å². The quantitative estimate of drug-likeness (QED) is 0.833. The number of H-pyrrole nitrogens is 1. The van der Waals surface area contributed by atoms with E-state index in [0.717, 1.165) is 18.7 Å². The minimum atomic E-state index is -4.40. The number of nitrogens with one attached hydrogen (secondary N) is 1. The van der Waals surface area contributed by atoms with Gasteiger partial charge in [-0.25, -0.2) is 9.37 Å². The van der Waals surface area contributed by atoms with Crippen molar-refractivity contribution in [2.45, 2.75) is 37.9 Å². The van der Waals surface area contributed by atoms with E-state index in [1.807, 2.05) is 0 Å². The number of benzene rings is 1. The standard InChI is InChI=1S/C17H19F4N3O/c18-12-7-24(6-10-1-2-10)8-15(12)25-9-16-22-13-4-3-11(17(19,20)21)5-14(13)23-16/h3-5,10,12,15H,1-2,6-9H2,(H,22,23). The summed E-state index contributed by atoms with van der Waals surface area (Å²) in [6.45, 7) is 1.91. The summed E-state index contributed by atoms with van der Waals surface area (Å²) in [7, 11) is 0. The van der Waals surface area contributed by atoms with Crippen molar-refractivity contribution < 1.29 is 22.3 Å². The molecule has 4 rings (SSSR count). The monoisotopic (exact) mass is 357 g/mol. The third-order valence-corrected chi connectivity index (χ3v) is 4.78. The van der Waals surface area contributed by atoms with E-state index < -0.39 is 24.0 Å². The molecule has 1 aliphatic heterocycles. The lowest BCUT2D eigenvalue weighted by molar-refractivity contribution is -0.137. The number of imidazole rings is 1. The molecule has 0 bridgehead atoms. The van der Waals surface area contributed by atoms with Crippen LogP contribution in [0.3, 0.4) is 0 Å². The normalized spacial score (nSPS) is 25.1. The van der Waals surface area contributed by atoms with Crippen molar-refractivity contribution in [3.8, 4) is 0 Å². The van der Waals surface area contributed by atoms with Crippen LogP contribution in [0.4, 0.5) is 17.6 Å². The molecule has 1 N–H and O–H groups in total. The summed E-state index contributed by atoms with van der Waals surface area (Å²) < 4.78 is 57.9. The van der Waals surface area contributed by atoms with E-state index in [9.17, 15) is 17.6 Å². The van der Waals surface area contributed by atoms with Crippen LogP contribution in [0.2, 0.25) is 0 Å². The number of nitrogens with zero attached hydrogens (tertiary/aromatic N) is 2. The predicted molar refractivity (Wildman–Crippen MR) is 83.7 cm³/mol. The molecule has 1 saturated carbocycles. The molecule has 2 fully saturated rings. The maximum Gasteiger partial charge on any atom is 0.416 e. The zero-order chi connectivity index (χ0) is 17.6. The number of hydrogen-bond acceptors (Lipinski definition) is 3. The summed E-state index contributed by atoms with van der Waals surface area (Å²) in [5, 5.41) is 0. The molecule has 136 valence electrons. The SMILES string of the molecule is FC1CN(CC2CC2)CC1OCc1nc2ccc(C(F)(F)F)cc2[nH]1. The molecule has 0 amide bonds. The van der Waals surface area contributed by atoms with Crippen LogP contribution in [0.25, 0.3) is 11.0 Å². The first-order valence-corrected chi connectivity index (χ1v) is 8.42. The summed E-state index contributed by atoms with van der Waals surface area (Å²) in [6.07, 6.45) is -3.51. The van der Waals surface area contributed by atoms with Gasteiger partial charge in [0.1, 0.15) is 24.7 Å².